The summed E-state index contributed by atoms with van der Waals surface area (Å²) < 4.78 is 53.1. The van der Waals surface area contributed by atoms with Crippen LogP contribution in [0.25, 0.3) is 0 Å². The molecule has 0 aromatic heterocycles. The minimum absolute atomic E-state index is 0.0957. The summed E-state index contributed by atoms with van der Waals surface area (Å²) in [5, 5.41) is 24.2. The Hall–Kier alpha value is -3.52. The fourth-order valence-electron chi connectivity index (χ4n) is 6.43. The van der Waals surface area contributed by atoms with Gasteiger partial charge in [-0.15, -0.1) is 0 Å². The zero-order valence-electron chi connectivity index (χ0n) is 32.7. The number of halogens is 3. The van der Waals surface area contributed by atoms with Crippen molar-refractivity contribution in [1.82, 2.24) is 0 Å². The zero-order chi connectivity index (χ0) is 38.4. The van der Waals surface area contributed by atoms with Crippen LogP contribution in [0.5, 0.6) is 17.2 Å². The van der Waals surface area contributed by atoms with E-state index >= 15 is 0 Å². The first kappa shape index (κ1) is 40.9. The van der Waals surface area contributed by atoms with Crippen LogP contribution in [0.15, 0.2) is 47.5 Å². The lowest BCUT2D eigenvalue weighted by Crippen LogP contribution is -2.41. The number of aromatic hydroxyl groups is 1. The average Bonchev–Trinajstić information content (AvgIpc) is 2.98. The van der Waals surface area contributed by atoms with E-state index in [1.165, 1.54) is 6.21 Å². The van der Waals surface area contributed by atoms with Crippen molar-refractivity contribution in [2.24, 2.45) is 4.99 Å². The molecule has 0 saturated carbocycles. The number of ether oxygens (including phenoxy) is 2. The van der Waals surface area contributed by atoms with E-state index in [1.807, 2.05) is 31.2 Å². The minimum atomic E-state index is -4.60. The third kappa shape index (κ3) is 8.33. The summed E-state index contributed by atoms with van der Waals surface area (Å²) in [5.74, 6) is 1.13. The van der Waals surface area contributed by atoms with E-state index in [4.69, 9.17) is 14.5 Å². The van der Waals surface area contributed by atoms with E-state index in [0.29, 0.717) is 17.5 Å². The Morgan fingerprint density at radius 2 is 1.00 bits per heavy atom. The molecule has 0 aliphatic carbocycles. The quantitative estimate of drug-likeness (QED) is 0.230. The molecule has 0 spiro atoms. The van der Waals surface area contributed by atoms with Gasteiger partial charge in [0.2, 0.25) is 0 Å². The van der Waals surface area contributed by atoms with Crippen LogP contribution in [0, 0.1) is 0 Å². The summed E-state index contributed by atoms with van der Waals surface area (Å²) in [5.41, 5.74) is 0.425. The Kier molecular flexibility index (Phi) is 11.4. The molecule has 0 aliphatic heterocycles. The molecule has 3 aromatic carbocycles. The predicted octanol–water partition coefficient (Wildman–Crippen LogP) is 10.8. The molecule has 0 amide bonds. The molecular weight excluding hydrogens is 639 g/mol. The van der Waals surface area contributed by atoms with Crippen LogP contribution in [0.3, 0.4) is 0 Å². The van der Waals surface area contributed by atoms with Crippen molar-refractivity contribution in [3.8, 4) is 17.2 Å². The molecule has 5 nitrogen and oxygen atoms in total. The van der Waals surface area contributed by atoms with Crippen molar-refractivity contribution >= 4 is 6.21 Å². The fourth-order valence-corrected chi connectivity index (χ4v) is 6.43. The van der Waals surface area contributed by atoms with Gasteiger partial charge in [-0.25, -0.2) is 0 Å². The molecule has 276 valence electrons. The Labute approximate surface area is 298 Å². The maximum atomic E-state index is 13.7. The predicted molar refractivity (Wildman–Crippen MR) is 199 cm³/mol. The van der Waals surface area contributed by atoms with Gasteiger partial charge in [0.05, 0.1) is 25.8 Å². The number of nitrogens with zero attached hydrogens (tertiary/aromatic N) is 1. The van der Waals surface area contributed by atoms with E-state index < -0.39 is 23.4 Å². The van der Waals surface area contributed by atoms with Crippen molar-refractivity contribution in [1.29, 1.82) is 0 Å². The molecular formula is C42H58F3NO4. The number of hydrogen-bond donors (Lipinski definition) is 2. The van der Waals surface area contributed by atoms with E-state index in [9.17, 15) is 23.4 Å². The molecule has 0 fully saturated rings. The molecule has 2 N–H and O–H groups in total. The number of rotatable bonds is 8. The number of methoxy groups -OCH3 is 2. The van der Waals surface area contributed by atoms with Gasteiger partial charge < -0.3 is 19.7 Å². The molecule has 1 atom stereocenters. The third-order valence-electron chi connectivity index (χ3n) is 9.32. The Morgan fingerprint density at radius 3 is 1.28 bits per heavy atom. The first-order valence-electron chi connectivity index (χ1n) is 17.2. The average molecular weight is 698 g/mol. The summed E-state index contributed by atoms with van der Waals surface area (Å²) in [6.07, 6.45) is -3.05. The summed E-state index contributed by atoms with van der Waals surface area (Å²) in [7, 11) is 3.31. The molecule has 3 aromatic rings. The lowest BCUT2D eigenvalue weighted by Gasteiger charge is -2.40. The summed E-state index contributed by atoms with van der Waals surface area (Å²) in [6.45, 7) is 27.0. The molecule has 8 heteroatoms. The van der Waals surface area contributed by atoms with Gasteiger partial charge in [0.1, 0.15) is 22.8 Å². The van der Waals surface area contributed by atoms with Crippen LogP contribution in [0.4, 0.5) is 13.2 Å². The van der Waals surface area contributed by atoms with Gasteiger partial charge in [0.25, 0.3) is 0 Å². The number of benzene rings is 3. The lowest BCUT2D eigenvalue weighted by molar-refractivity contribution is -0.137. The molecule has 0 saturated heterocycles. The fraction of sp³-hybridized carbons (Fsp3) is 0.548. The van der Waals surface area contributed by atoms with E-state index in [-0.39, 0.29) is 33.0 Å². The topological polar surface area (TPSA) is 71.3 Å². The third-order valence-corrected chi connectivity index (χ3v) is 9.32. The molecule has 0 radical (unpaired) electrons. The van der Waals surface area contributed by atoms with Crippen molar-refractivity contribution in [2.45, 2.75) is 136 Å². The highest BCUT2D eigenvalue weighted by Crippen LogP contribution is 2.49. The van der Waals surface area contributed by atoms with E-state index in [0.717, 1.165) is 52.0 Å². The number of phenols is 1. The first-order valence-corrected chi connectivity index (χ1v) is 17.2. The Balaban J connectivity index is 2.61. The summed E-state index contributed by atoms with van der Waals surface area (Å²) in [6, 6.07) is 9.74. The molecule has 50 heavy (non-hydrogen) atoms. The van der Waals surface area contributed by atoms with Gasteiger partial charge in [-0.2, -0.15) is 13.2 Å². The number of hydrogen-bond acceptors (Lipinski definition) is 5. The van der Waals surface area contributed by atoms with E-state index in [1.54, 1.807) is 14.2 Å². The van der Waals surface area contributed by atoms with Crippen LogP contribution < -0.4 is 9.47 Å². The molecule has 0 heterocycles. The molecule has 0 bridgehead atoms. The van der Waals surface area contributed by atoms with Gasteiger partial charge in [-0.1, -0.05) is 90.0 Å². The number of phenolic OH excluding ortho intramolecular Hbond substituents is 1. The largest absolute Gasteiger partial charge is 0.507 e. The van der Waals surface area contributed by atoms with Crippen LogP contribution in [-0.2, 0) is 33.4 Å². The van der Waals surface area contributed by atoms with Crippen LogP contribution in [0.2, 0.25) is 0 Å². The van der Waals surface area contributed by atoms with E-state index in [2.05, 4.69) is 83.1 Å². The van der Waals surface area contributed by atoms with Gasteiger partial charge in [0, 0.05) is 34.0 Å². The standard InChI is InChI=1S/C42H58F3NO4/c1-16-34(46-24-25-19-26(42(43,44)45)17-18-33(25)47)41(48,27-20-29(37(2,3)4)35(49-14)30(21-27)38(5,6)7)28-22-31(39(8,9)10)36(50-15)32(23-28)40(11,12)13/h17-24,34,47-48H,16H2,1-15H3. The zero-order valence-corrected chi connectivity index (χ0v) is 32.7. The maximum Gasteiger partial charge on any atom is 0.416 e. The molecule has 3 rings (SSSR count). The van der Waals surface area contributed by atoms with Crippen LogP contribution >= 0.6 is 0 Å². The second-order valence-corrected chi connectivity index (χ2v) is 17.4. The maximum absolute atomic E-state index is 13.7. The van der Waals surface area contributed by atoms with Gasteiger partial charge in [-0.3, -0.25) is 4.99 Å². The smallest absolute Gasteiger partial charge is 0.416 e. The summed E-state index contributed by atoms with van der Waals surface area (Å²) in [4.78, 5) is 4.81. The monoisotopic (exact) mass is 697 g/mol. The normalized spacial score (nSPS) is 14.3. The Bertz CT molecular complexity index is 1560. The SMILES string of the molecule is CCC(N=Cc1cc(C(F)(F)F)ccc1O)C(O)(c1cc(C(C)(C)C)c(OC)c(C(C)(C)C)c1)c1cc(C(C)(C)C)c(OC)c(C(C)(C)C)c1. The van der Waals surface area contributed by atoms with Crippen molar-refractivity contribution in [3.05, 3.63) is 87.0 Å². The van der Waals surface area contributed by atoms with Crippen LogP contribution in [-0.4, -0.2) is 36.7 Å². The number of aliphatic hydroxyl groups is 1. The van der Waals surface area contributed by atoms with Crippen molar-refractivity contribution in [3.63, 3.8) is 0 Å². The highest BCUT2D eigenvalue weighted by molar-refractivity contribution is 5.84. The Morgan fingerprint density at radius 1 is 0.640 bits per heavy atom. The van der Waals surface area contributed by atoms with Gasteiger partial charge in [-0.05, 0) is 81.7 Å². The lowest BCUT2D eigenvalue weighted by atomic mass is 9.70. The minimum Gasteiger partial charge on any atom is -0.507 e. The van der Waals surface area contributed by atoms with Crippen molar-refractivity contribution in [2.75, 3.05) is 14.2 Å². The highest BCUT2D eigenvalue weighted by atomic mass is 19.4. The second kappa shape index (κ2) is 13.9. The number of aliphatic imine (C=N–C) groups is 1. The first-order chi connectivity index (χ1) is 22.6. The van der Waals surface area contributed by atoms with Crippen molar-refractivity contribution < 1.29 is 32.9 Å². The van der Waals surface area contributed by atoms with Crippen LogP contribution in [0.1, 0.15) is 141 Å². The van der Waals surface area contributed by atoms with Gasteiger partial charge in [0.15, 0.2) is 0 Å². The molecule has 0 aliphatic rings. The second-order valence-electron chi connectivity index (χ2n) is 17.4. The molecule has 1 unspecified atom stereocenters. The van der Waals surface area contributed by atoms with Gasteiger partial charge >= 0.3 is 6.18 Å². The highest BCUT2D eigenvalue weighted by Gasteiger charge is 2.44. The number of alkyl halides is 3. The summed E-state index contributed by atoms with van der Waals surface area (Å²) >= 11 is 0.